The highest BCUT2D eigenvalue weighted by Gasteiger charge is 2.49. The molecular weight excluding hydrogens is 549 g/mol. The van der Waals surface area contributed by atoms with Gasteiger partial charge in [-0.05, 0) is 68.3 Å². The van der Waals surface area contributed by atoms with Crippen LogP contribution in [-0.4, -0.2) is 38.3 Å². The first-order valence-electron chi connectivity index (χ1n) is 12.2. The third kappa shape index (κ3) is 5.86. The Hall–Kier alpha value is -3.80. The number of aromatic nitrogens is 2. The van der Waals surface area contributed by atoms with Crippen molar-refractivity contribution in [2.45, 2.75) is 53.5 Å². The fraction of sp³-hybridized carbons (Fsp3) is 0.357. The fourth-order valence-electron chi connectivity index (χ4n) is 4.40. The summed E-state index contributed by atoms with van der Waals surface area (Å²) in [7, 11) is -2.61. The van der Waals surface area contributed by atoms with Crippen molar-refractivity contribution >= 4 is 31.7 Å². The Kier molecular flexibility index (Phi) is 8.73. The molecule has 0 fully saturated rings. The van der Waals surface area contributed by atoms with Gasteiger partial charge in [-0.2, -0.15) is 21.6 Å². The molecule has 0 radical (unpaired) electrons. The van der Waals surface area contributed by atoms with Crippen LogP contribution < -0.4 is 18.4 Å². The Bertz CT molecular complexity index is 1700. The molecule has 2 heterocycles. The van der Waals surface area contributed by atoms with E-state index in [0.29, 0.717) is 22.2 Å². The smallest absolute Gasteiger partial charge is 0.496 e. The van der Waals surface area contributed by atoms with Gasteiger partial charge in [-0.15, -0.1) is 0 Å². The Morgan fingerprint density at radius 1 is 0.900 bits per heavy atom. The molecule has 0 aliphatic heterocycles. The first kappa shape index (κ1) is 30.7. The Balaban J connectivity index is 0.000000230. The van der Waals surface area contributed by atoms with E-state index in [1.165, 1.54) is 24.3 Å². The molecule has 2 aromatic carbocycles. The lowest BCUT2D eigenvalue weighted by molar-refractivity contribution is -0.908. The third-order valence-corrected chi connectivity index (χ3v) is 7.67. The highest BCUT2D eigenvalue weighted by molar-refractivity contribution is 7.87. The van der Waals surface area contributed by atoms with Crippen LogP contribution in [0.25, 0.3) is 21.5 Å². The maximum Gasteiger partial charge on any atom is 0.534 e. The van der Waals surface area contributed by atoms with Crippen molar-refractivity contribution in [2.75, 3.05) is 14.2 Å². The lowest BCUT2D eigenvalue weighted by Gasteiger charge is -2.15. The van der Waals surface area contributed by atoms with E-state index in [2.05, 4.69) is 22.2 Å². The summed E-state index contributed by atoms with van der Waals surface area (Å²) in [5.41, 5.74) is -0.324. The van der Waals surface area contributed by atoms with E-state index in [9.17, 15) is 26.8 Å². The van der Waals surface area contributed by atoms with Crippen molar-refractivity contribution in [1.82, 2.24) is 4.98 Å². The molecule has 0 aliphatic rings. The summed E-state index contributed by atoms with van der Waals surface area (Å²) >= 11 is 0. The quantitative estimate of drug-likeness (QED) is 0.135. The van der Waals surface area contributed by atoms with E-state index < -0.39 is 21.5 Å². The molecule has 0 atom stereocenters. The van der Waals surface area contributed by atoms with E-state index >= 15 is 0 Å². The molecule has 0 bridgehead atoms. The van der Waals surface area contributed by atoms with Crippen molar-refractivity contribution in [1.29, 1.82) is 0 Å². The number of methoxy groups -OCH3 is 2. The maximum atomic E-state index is 12.4. The monoisotopic (exact) mass is 581 g/mol. The topological polar surface area (TPSA) is 98.8 Å². The first-order valence-corrected chi connectivity index (χ1v) is 13.6. The second kappa shape index (κ2) is 11.4. The molecule has 4 aromatic rings. The summed E-state index contributed by atoms with van der Waals surface area (Å²) in [5.74, 6) is 0.795. The zero-order valence-electron chi connectivity index (χ0n) is 23.5. The number of aryl methyl sites for hydroxylation is 4. The van der Waals surface area contributed by atoms with Crippen molar-refractivity contribution in [3.63, 3.8) is 0 Å². The van der Waals surface area contributed by atoms with Crippen molar-refractivity contribution in [3.05, 3.63) is 64.1 Å². The van der Waals surface area contributed by atoms with Crippen LogP contribution in [0.3, 0.4) is 0 Å². The maximum absolute atomic E-state index is 12.4. The fourth-order valence-corrected chi connectivity index (χ4v) is 4.81. The largest absolute Gasteiger partial charge is 0.534 e. The molecule has 0 aliphatic carbocycles. The van der Waals surface area contributed by atoms with Crippen molar-refractivity contribution < 1.29 is 45.2 Å². The zero-order chi connectivity index (χ0) is 30.2. The summed E-state index contributed by atoms with van der Waals surface area (Å²) in [6.45, 7) is 11.3. The Labute approximate surface area is 231 Å². The number of benzene rings is 2. The van der Waals surface area contributed by atoms with Crippen LogP contribution >= 0.6 is 0 Å². The van der Waals surface area contributed by atoms with Crippen molar-refractivity contribution in [2.24, 2.45) is 0 Å². The molecule has 216 valence electrons. The summed E-state index contributed by atoms with van der Waals surface area (Å²) in [6.07, 6.45) is 2.52. The number of rotatable bonds is 5. The van der Waals surface area contributed by atoms with Crippen LogP contribution in [0.15, 0.2) is 30.5 Å². The standard InChI is InChI=1S/C14H14F3NO4S.C14H18NO2/c1-7-5-10-6-11(22-23(19,20)14(15,16)17)18-9(3)12(10)13(21-4)8(7)2;1-5-12-7-13-11(8-15(12)16)6-9(2)10(3)14(13)17-4/h5-6H,1-4H3;6-8,16H,5H2,1-4H3/q;+1. The van der Waals surface area contributed by atoms with Gasteiger partial charge in [0.05, 0.1) is 25.3 Å². The van der Waals surface area contributed by atoms with E-state index in [-0.39, 0.29) is 0 Å². The molecule has 8 nitrogen and oxygen atoms in total. The minimum absolute atomic E-state index is 0.301. The van der Waals surface area contributed by atoms with Crippen LogP contribution in [0.1, 0.15) is 40.6 Å². The van der Waals surface area contributed by atoms with Gasteiger partial charge in [0, 0.05) is 34.1 Å². The van der Waals surface area contributed by atoms with E-state index in [1.807, 2.05) is 26.8 Å². The van der Waals surface area contributed by atoms with Gasteiger partial charge in [-0.25, -0.2) is 4.98 Å². The number of nitrogens with zero attached hydrogens (tertiary/aromatic N) is 2. The van der Waals surface area contributed by atoms with Gasteiger partial charge in [0.15, 0.2) is 0 Å². The van der Waals surface area contributed by atoms with Crippen LogP contribution in [0.4, 0.5) is 13.2 Å². The molecule has 0 unspecified atom stereocenters. The van der Waals surface area contributed by atoms with Crippen LogP contribution in [0, 0.1) is 34.6 Å². The molecule has 1 N–H and O–H groups in total. The van der Waals surface area contributed by atoms with Gasteiger partial charge in [0.25, 0.3) is 0 Å². The average molecular weight is 582 g/mol. The molecule has 4 rings (SSSR count). The Morgan fingerprint density at radius 2 is 1.45 bits per heavy atom. The molecule has 0 saturated heterocycles. The summed E-state index contributed by atoms with van der Waals surface area (Å²) in [4.78, 5) is 3.80. The van der Waals surface area contributed by atoms with Crippen LogP contribution in [0.2, 0.25) is 0 Å². The predicted molar refractivity (Wildman–Crippen MR) is 145 cm³/mol. The number of halogens is 3. The van der Waals surface area contributed by atoms with Gasteiger partial charge in [-0.1, -0.05) is 13.0 Å². The third-order valence-electron chi connectivity index (χ3n) is 6.71. The van der Waals surface area contributed by atoms with Gasteiger partial charge in [0.1, 0.15) is 11.5 Å². The molecule has 12 heteroatoms. The van der Waals surface area contributed by atoms with Gasteiger partial charge in [0.2, 0.25) is 17.8 Å². The summed E-state index contributed by atoms with van der Waals surface area (Å²) < 4.78 is 75.5. The van der Waals surface area contributed by atoms with Gasteiger partial charge >= 0.3 is 15.6 Å². The molecule has 2 aromatic heterocycles. The highest BCUT2D eigenvalue weighted by atomic mass is 32.2. The van der Waals surface area contributed by atoms with Crippen LogP contribution in [-0.2, 0) is 16.5 Å². The van der Waals surface area contributed by atoms with E-state index in [0.717, 1.165) is 51.4 Å². The number of alkyl halides is 3. The lowest BCUT2D eigenvalue weighted by atomic mass is 10.0. The average Bonchev–Trinajstić information content (AvgIpc) is 2.85. The Morgan fingerprint density at radius 3 is 1.98 bits per heavy atom. The SMILES string of the molecule is CCc1cc2c(OC)c(C)c(C)cc2c[n+]1O.COc1c(C)c(C)cc2cc(OS(=O)(=O)C(F)(F)F)nc(C)c12. The molecular formula is C28H32F3N2O6S+. The predicted octanol–water partition coefficient (Wildman–Crippen LogP) is 5.95. The van der Waals surface area contributed by atoms with Crippen molar-refractivity contribution in [3.8, 4) is 17.4 Å². The van der Waals surface area contributed by atoms with Gasteiger partial charge in [-0.3, -0.25) is 5.21 Å². The number of pyridine rings is 2. The number of hydrogen-bond donors (Lipinski definition) is 1. The van der Waals surface area contributed by atoms with Gasteiger partial charge < -0.3 is 13.7 Å². The summed E-state index contributed by atoms with van der Waals surface area (Å²) in [6, 6.07) is 6.90. The minimum Gasteiger partial charge on any atom is -0.496 e. The minimum atomic E-state index is -5.76. The molecule has 0 saturated carbocycles. The summed E-state index contributed by atoms with van der Waals surface area (Å²) in [5, 5.41) is 12.9. The van der Waals surface area contributed by atoms with E-state index in [4.69, 9.17) is 9.47 Å². The van der Waals surface area contributed by atoms with Crippen LogP contribution in [0.5, 0.6) is 17.4 Å². The first-order chi connectivity index (χ1) is 18.6. The second-order valence-electron chi connectivity index (χ2n) is 9.30. The number of ether oxygens (including phenoxy) is 2. The lowest BCUT2D eigenvalue weighted by Crippen LogP contribution is -2.34. The normalized spacial score (nSPS) is 11.8. The zero-order valence-corrected chi connectivity index (χ0v) is 24.3. The molecule has 40 heavy (non-hydrogen) atoms. The molecule has 0 spiro atoms. The second-order valence-corrected chi connectivity index (χ2v) is 10.8. The number of hydrogen-bond acceptors (Lipinski definition) is 7. The molecule has 0 amide bonds. The number of fused-ring (bicyclic) bond motifs is 2. The highest BCUT2D eigenvalue weighted by Crippen LogP contribution is 2.36. The van der Waals surface area contributed by atoms with E-state index in [1.54, 1.807) is 26.3 Å².